The van der Waals surface area contributed by atoms with Crippen molar-refractivity contribution in [3.63, 3.8) is 0 Å². The van der Waals surface area contributed by atoms with Crippen molar-refractivity contribution in [1.29, 1.82) is 0 Å². The Morgan fingerprint density at radius 2 is 2.00 bits per heavy atom. The molecule has 110 valence electrons. The molecular formula is C18H23N3. The number of rotatable bonds is 5. The van der Waals surface area contributed by atoms with E-state index >= 15 is 0 Å². The van der Waals surface area contributed by atoms with Crippen molar-refractivity contribution < 1.29 is 0 Å². The fraction of sp³-hybridized carbons (Fsp3) is 0.389. The molecule has 0 atom stereocenters. The van der Waals surface area contributed by atoms with E-state index in [-0.39, 0.29) is 0 Å². The molecular weight excluding hydrogens is 258 g/mol. The van der Waals surface area contributed by atoms with E-state index in [1.807, 2.05) is 12.4 Å². The first-order valence-corrected chi connectivity index (χ1v) is 7.78. The Bertz CT molecular complexity index is 580. The predicted octanol–water partition coefficient (Wildman–Crippen LogP) is 2.75. The van der Waals surface area contributed by atoms with Gasteiger partial charge in [-0.2, -0.15) is 0 Å². The van der Waals surface area contributed by atoms with Gasteiger partial charge >= 0.3 is 0 Å². The molecule has 3 nitrogen and oxygen atoms in total. The molecule has 1 aromatic heterocycles. The summed E-state index contributed by atoms with van der Waals surface area (Å²) in [5, 5.41) is 3.45. The minimum absolute atomic E-state index is 0.987. The van der Waals surface area contributed by atoms with Gasteiger partial charge in [-0.1, -0.05) is 25.1 Å². The number of benzene rings is 1. The third-order valence-electron chi connectivity index (χ3n) is 4.23. The Hall–Kier alpha value is -1.71. The normalized spacial score (nSPS) is 14.2. The highest BCUT2D eigenvalue weighted by Gasteiger charge is 2.14. The maximum absolute atomic E-state index is 4.09. The highest BCUT2D eigenvalue weighted by molar-refractivity contribution is 5.37. The zero-order valence-electron chi connectivity index (χ0n) is 12.7. The van der Waals surface area contributed by atoms with E-state index in [9.17, 15) is 0 Å². The topological polar surface area (TPSA) is 28.2 Å². The molecule has 0 spiro atoms. The molecule has 3 heteroatoms. The molecule has 21 heavy (non-hydrogen) atoms. The molecule has 0 saturated heterocycles. The van der Waals surface area contributed by atoms with Gasteiger partial charge in [-0.25, -0.2) is 0 Å². The predicted molar refractivity (Wildman–Crippen MR) is 85.9 cm³/mol. The zero-order chi connectivity index (χ0) is 14.5. The summed E-state index contributed by atoms with van der Waals surface area (Å²) in [7, 11) is 0. The van der Waals surface area contributed by atoms with Gasteiger partial charge < -0.3 is 5.32 Å². The molecule has 2 aromatic rings. The van der Waals surface area contributed by atoms with E-state index in [1.165, 1.54) is 16.7 Å². The number of fused-ring (bicyclic) bond motifs is 1. The van der Waals surface area contributed by atoms with E-state index in [2.05, 4.69) is 52.5 Å². The van der Waals surface area contributed by atoms with Gasteiger partial charge in [-0.05, 0) is 53.9 Å². The number of nitrogens with one attached hydrogen (secondary N) is 1. The molecule has 0 saturated carbocycles. The highest BCUT2D eigenvalue weighted by Crippen LogP contribution is 2.20. The lowest BCUT2D eigenvalue weighted by Gasteiger charge is -2.25. The van der Waals surface area contributed by atoms with Crippen molar-refractivity contribution in [2.45, 2.75) is 33.0 Å². The van der Waals surface area contributed by atoms with Gasteiger partial charge in [-0.3, -0.25) is 9.88 Å². The van der Waals surface area contributed by atoms with Crippen LogP contribution in [0.25, 0.3) is 0 Å². The summed E-state index contributed by atoms with van der Waals surface area (Å²) in [5.74, 6) is 0. The summed E-state index contributed by atoms with van der Waals surface area (Å²) in [5.41, 5.74) is 5.85. The van der Waals surface area contributed by atoms with Crippen LogP contribution in [-0.4, -0.2) is 23.0 Å². The molecule has 0 bridgehead atoms. The van der Waals surface area contributed by atoms with Crippen LogP contribution in [0.1, 0.15) is 29.2 Å². The molecule has 0 aliphatic carbocycles. The standard InChI is InChI=1S/C18H23N3/c1-2-21(13-15-6-9-19-10-7-15)14-17-5-3-4-16-12-20-11-8-18(16)17/h3-7,9-10,20H,2,8,11-14H2,1H3. The zero-order valence-corrected chi connectivity index (χ0v) is 12.7. The molecule has 1 aliphatic rings. The first kappa shape index (κ1) is 14.2. The van der Waals surface area contributed by atoms with Gasteiger partial charge in [0.15, 0.2) is 0 Å². The molecule has 1 N–H and O–H groups in total. The van der Waals surface area contributed by atoms with Crippen LogP contribution in [0.3, 0.4) is 0 Å². The van der Waals surface area contributed by atoms with Gasteiger partial charge in [0.05, 0.1) is 0 Å². The lowest BCUT2D eigenvalue weighted by molar-refractivity contribution is 0.270. The van der Waals surface area contributed by atoms with E-state index in [4.69, 9.17) is 0 Å². The van der Waals surface area contributed by atoms with Gasteiger partial charge in [-0.15, -0.1) is 0 Å². The summed E-state index contributed by atoms with van der Waals surface area (Å²) < 4.78 is 0. The SMILES string of the molecule is CCN(Cc1ccncc1)Cc1cccc2c1CCNC2. The van der Waals surface area contributed by atoms with Crippen LogP contribution in [-0.2, 0) is 26.1 Å². The maximum atomic E-state index is 4.09. The van der Waals surface area contributed by atoms with E-state index < -0.39 is 0 Å². The largest absolute Gasteiger partial charge is 0.312 e. The smallest absolute Gasteiger partial charge is 0.0271 e. The Kier molecular flexibility index (Phi) is 4.63. The molecule has 1 aromatic carbocycles. The Morgan fingerprint density at radius 1 is 1.14 bits per heavy atom. The van der Waals surface area contributed by atoms with E-state index in [1.54, 1.807) is 5.56 Å². The summed E-state index contributed by atoms with van der Waals surface area (Å²) in [6.07, 6.45) is 4.90. The summed E-state index contributed by atoms with van der Waals surface area (Å²) in [6.45, 7) is 7.42. The maximum Gasteiger partial charge on any atom is 0.0271 e. The van der Waals surface area contributed by atoms with Crippen molar-refractivity contribution in [3.05, 3.63) is 65.0 Å². The third kappa shape index (κ3) is 3.49. The second-order valence-electron chi connectivity index (χ2n) is 5.64. The number of hydrogen-bond acceptors (Lipinski definition) is 3. The Morgan fingerprint density at radius 3 is 2.81 bits per heavy atom. The molecule has 0 unspecified atom stereocenters. The van der Waals surface area contributed by atoms with Gasteiger partial charge in [0.25, 0.3) is 0 Å². The number of nitrogens with zero attached hydrogens (tertiary/aromatic N) is 2. The van der Waals surface area contributed by atoms with Gasteiger partial charge in [0, 0.05) is 32.0 Å². The molecule has 2 heterocycles. The molecule has 3 rings (SSSR count). The second-order valence-corrected chi connectivity index (χ2v) is 5.64. The lowest BCUT2D eigenvalue weighted by atomic mass is 9.95. The van der Waals surface area contributed by atoms with Crippen molar-refractivity contribution in [2.24, 2.45) is 0 Å². The molecule has 0 fully saturated rings. The van der Waals surface area contributed by atoms with Crippen LogP contribution >= 0.6 is 0 Å². The second kappa shape index (κ2) is 6.83. The monoisotopic (exact) mass is 281 g/mol. The van der Waals surface area contributed by atoms with E-state index in [0.29, 0.717) is 0 Å². The van der Waals surface area contributed by atoms with Crippen LogP contribution in [0.2, 0.25) is 0 Å². The van der Waals surface area contributed by atoms with Crippen LogP contribution in [0.15, 0.2) is 42.7 Å². The summed E-state index contributed by atoms with van der Waals surface area (Å²) >= 11 is 0. The van der Waals surface area contributed by atoms with Crippen molar-refractivity contribution >= 4 is 0 Å². The van der Waals surface area contributed by atoms with E-state index in [0.717, 1.165) is 39.1 Å². The Labute approximate surface area is 127 Å². The number of aromatic nitrogens is 1. The van der Waals surface area contributed by atoms with Crippen molar-refractivity contribution in [2.75, 3.05) is 13.1 Å². The van der Waals surface area contributed by atoms with Crippen molar-refractivity contribution in [3.8, 4) is 0 Å². The van der Waals surface area contributed by atoms with Crippen LogP contribution in [0, 0.1) is 0 Å². The van der Waals surface area contributed by atoms with Gasteiger partial charge in [0.2, 0.25) is 0 Å². The quantitative estimate of drug-likeness (QED) is 0.913. The summed E-state index contributed by atoms with van der Waals surface area (Å²) in [6, 6.07) is 10.9. The fourth-order valence-electron chi connectivity index (χ4n) is 3.03. The van der Waals surface area contributed by atoms with Crippen LogP contribution in [0.5, 0.6) is 0 Å². The number of pyridine rings is 1. The molecule has 1 aliphatic heterocycles. The minimum atomic E-state index is 0.987. The van der Waals surface area contributed by atoms with Crippen LogP contribution in [0.4, 0.5) is 0 Å². The third-order valence-corrected chi connectivity index (χ3v) is 4.23. The Balaban J connectivity index is 1.75. The minimum Gasteiger partial charge on any atom is -0.312 e. The van der Waals surface area contributed by atoms with Crippen LogP contribution < -0.4 is 5.32 Å². The summed E-state index contributed by atoms with van der Waals surface area (Å²) in [4.78, 5) is 6.59. The lowest BCUT2D eigenvalue weighted by Crippen LogP contribution is -2.27. The highest BCUT2D eigenvalue weighted by atomic mass is 15.1. The first-order valence-electron chi connectivity index (χ1n) is 7.78. The molecule has 0 amide bonds. The van der Waals surface area contributed by atoms with Gasteiger partial charge in [0.1, 0.15) is 0 Å². The van der Waals surface area contributed by atoms with Crippen molar-refractivity contribution in [1.82, 2.24) is 15.2 Å². The molecule has 0 radical (unpaired) electrons. The average molecular weight is 281 g/mol. The average Bonchev–Trinajstić information content (AvgIpc) is 2.55. The number of hydrogen-bond donors (Lipinski definition) is 1. The first-order chi connectivity index (χ1) is 10.4. The fourth-order valence-corrected chi connectivity index (χ4v) is 3.03.